The molecule has 1 aromatic heterocycles. The minimum atomic E-state index is -0.262. The fourth-order valence-corrected chi connectivity index (χ4v) is 3.46. The molecule has 0 bridgehead atoms. The van der Waals surface area contributed by atoms with Gasteiger partial charge in [-0.15, -0.1) is 11.3 Å². The molecule has 4 nitrogen and oxygen atoms in total. The topological polar surface area (TPSA) is 56.8 Å². The molecule has 5 heteroatoms. The molecule has 2 rings (SSSR count). The number of esters is 1. The van der Waals surface area contributed by atoms with Gasteiger partial charge in [-0.25, -0.2) is 4.79 Å². The molecule has 17 heavy (non-hydrogen) atoms. The van der Waals surface area contributed by atoms with E-state index in [1.807, 2.05) is 6.92 Å². The van der Waals surface area contributed by atoms with Gasteiger partial charge in [-0.05, 0) is 19.4 Å². The van der Waals surface area contributed by atoms with Crippen molar-refractivity contribution in [3.05, 3.63) is 16.0 Å². The predicted molar refractivity (Wildman–Crippen MR) is 68.5 cm³/mol. The lowest BCUT2D eigenvalue weighted by Crippen LogP contribution is -3.11. The van der Waals surface area contributed by atoms with Crippen LogP contribution in [0.2, 0.25) is 0 Å². The van der Waals surface area contributed by atoms with Gasteiger partial charge in [0.2, 0.25) is 0 Å². The maximum absolute atomic E-state index is 11.8. The van der Waals surface area contributed by atoms with E-state index in [4.69, 9.17) is 10.5 Å². The molecule has 1 atom stereocenters. The van der Waals surface area contributed by atoms with Gasteiger partial charge in [0.25, 0.3) is 0 Å². The zero-order chi connectivity index (χ0) is 12.4. The highest BCUT2D eigenvalue weighted by Gasteiger charge is 2.28. The summed E-state index contributed by atoms with van der Waals surface area (Å²) in [6, 6.07) is 0. The number of anilines is 1. The molecule has 0 saturated heterocycles. The minimum Gasteiger partial charge on any atom is -0.462 e. The van der Waals surface area contributed by atoms with Gasteiger partial charge in [0.1, 0.15) is 11.5 Å². The number of carbonyl (C=O) groups excluding carboxylic acids is 1. The standard InChI is InChI=1S/C12H18N2O2S/c1-3-14-6-5-8-9(7-14)17-11(13)10(8)12(15)16-4-2/h3-7,13H2,1-2H3/p+1. The number of ether oxygens (including phenoxy) is 1. The number of quaternary nitrogens is 1. The second-order valence-electron chi connectivity index (χ2n) is 4.24. The second-order valence-corrected chi connectivity index (χ2v) is 5.38. The Morgan fingerprint density at radius 3 is 2.94 bits per heavy atom. The first kappa shape index (κ1) is 12.4. The maximum Gasteiger partial charge on any atom is 0.341 e. The fraction of sp³-hybridized carbons (Fsp3) is 0.583. The number of likely N-dealkylation sites (N-methyl/N-ethyl adjacent to an activating group) is 1. The van der Waals surface area contributed by atoms with Crippen molar-refractivity contribution >= 4 is 22.3 Å². The van der Waals surface area contributed by atoms with Crippen LogP contribution in [0.3, 0.4) is 0 Å². The molecule has 3 N–H and O–H groups in total. The Hall–Kier alpha value is -1.07. The van der Waals surface area contributed by atoms with E-state index in [0.717, 1.165) is 31.6 Å². The average Bonchev–Trinajstić information content (AvgIpc) is 2.64. The zero-order valence-corrected chi connectivity index (χ0v) is 11.2. The summed E-state index contributed by atoms with van der Waals surface area (Å²) < 4.78 is 5.07. The number of nitrogens with two attached hydrogens (primary N) is 1. The zero-order valence-electron chi connectivity index (χ0n) is 10.3. The highest BCUT2D eigenvalue weighted by Crippen LogP contribution is 2.32. The molecule has 1 aliphatic heterocycles. The van der Waals surface area contributed by atoms with Crippen LogP contribution in [0.15, 0.2) is 0 Å². The summed E-state index contributed by atoms with van der Waals surface area (Å²) in [5.74, 6) is -0.262. The van der Waals surface area contributed by atoms with E-state index in [1.54, 1.807) is 16.2 Å². The molecule has 0 fully saturated rings. The number of fused-ring (bicyclic) bond motifs is 1. The lowest BCUT2D eigenvalue weighted by molar-refractivity contribution is -0.913. The molecule has 94 valence electrons. The summed E-state index contributed by atoms with van der Waals surface area (Å²) in [6.45, 7) is 7.58. The van der Waals surface area contributed by atoms with Gasteiger partial charge in [-0.1, -0.05) is 0 Å². The first-order valence-corrected chi connectivity index (χ1v) is 6.89. The third-order valence-corrected chi connectivity index (χ3v) is 4.30. The van der Waals surface area contributed by atoms with E-state index < -0.39 is 0 Å². The Morgan fingerprint density at radius 1 is 1.53 bits per heavy atom. The molecule has 0 saturated carbocycles. The van der Waals surface area contributed by atoms with E-state index in [-0.39, 0.29) is 5.97 Å². The van der Waals surface area contributed by atoms with Crippen LogP contribution in [0, 0.1) is 0 Å². The normalized spacial score (nSPS) is 18.8. The van der Waals surface area contributed by atoms with Crippen molar-refractivity contribution < 1.29 is 14.4 Å². The largest absolute Gasteiger partial charge is 0.462 e. The highest BCUT2D eigenvalue weighted by atomic mass is 32.1. The molecular weight excluding hydrogens is 236 g/mol. The first-order chi connectivity index (χ1) is 8.17. The van der Waals surface area contributed by atoms with Gasteiger partial charge in [0.05, 0.1) is 30.1 Å². The summed E-state index contributed by atoms with van der Waals surface area (Å²) in [4.78, 5) is 14.7. The average molecular weight is 255 g/mol. The van der Waals surface area contributed by atoms with Gasteiger partial charge < -0.3 is 15.4 Å². The van der Waals surface area contributed by atoms with Crippen LogP contribution < -0.4 is 10.6 Å². The van der Waals surface area contributed by atoms with Gasteiger partial charge >= 0.3 is 5.97 Å². The number of rotatable bonds is 3. The number of hydrogen-bond acceptors (Lipinski definition) is 4. The summed E-state index contributed by atoms with van der Waals surface area (Å²) in [6.07, 6.45) is 0.931. The van der Waals surface area contributed by atoms with E-state index in [9.17, 15) is 4.79 Å². The van der Waals surface area contributed by atoms with Crippen LogP contribution in [0.25, 0.3) is 0 Å². The third-order valence-electron chi connectivity index (χ3n) is 3.24. The van der Waals surface area contributed by atoms with E-state index >= 15 is 0 Å². The minimum absolute atomic E-state index is 0.262. The van der Waals surface area contributed by atoms with Gasteiger partial charge in [-0.3, -0.25) is 0 Å². The Kier molecular flexibility index (Phi) is 3.69. The smallest absolute Gasteiger partial charge is 0.341 e. The highest BCUT2D eigenvalue weighted by molar-refractivity contribution is 7.16. The van der Waals surface area contributed by atoms with Crippen LogP contribution in [0.5, 0.6) is 0 Å². The van der Waals surface area contributed by atoms with Crippen LogP contribution in [0.1, 0.15) is 34.6 Å². The summed E-state index contributed by atoms with van der Waals surface area (Å²) in [7, 11) is 0. The molecular formula is C12H19N2O2S+. The molecule has 0 aromatic carbocycles. The van der Waals surface area contributed by atoms with Crippen molar-refractivity contribution in [1.82, 2.24) is 0 Å². The number of nitrogens with one attached hydrogen (secondary N) is 1. The van der Waals surface area contributed by atoms with Crippen molar-refractivity contribution in [3.63, 3.8) is 0 Å². The van der Waals surface area contributed by atoms with Gasteiger partial charge in [0, 0.05) is 6.42 Å². The SMILES string of the molecule is CCOC(=O)c1c(N)sc2c1CC[NH+](CC)C2. The number of carbonyl (C=O) groups is 1. The predicted octanol–water partition coefficient (Wildman–Crippen LogP) is 0.468. The fourth-order valence-electron chi connectivity index (χ4n) is 2.29. The number of thiophene rings is 1. The van der Waals surface area contributed by atoms with Crippen molar-refractivity contribution in [2.24, 2.45) is 0 Å². The molecule has 1 aromatic rings. The van der Waals surface area contributed by atoms with Crippen LogP contribution in [-0.2, 0) is 17.7 Å². The Balaban J connectivity index is 2.30. The second kappa shape index (κ2) is 5.06. The maximum atomic E-state index is 11.8. The van der Waals surface area contributed by atoms with Crippen molar-refractivity contribution in [2.45, 2.75) is 26.8 Å². The summed E-state index contributed by atoms with van der Waals surface area (Å²) in [5.41, 5.74) is 7.70. The molecule has 2 heterocycles. The molecule has 1 aliphatic rings. The van der Waals surface area contributed by atoms with E-state index in [2.05, 4.69) is 6.92 Å². The van der Waals surface area contributed by atoms with Crippen molar-refractivity contribution in [1.29, 1.82) is 0 Å². The lowest BCUT2D eigenvalue weighted by atomic mass is 10.0. The lowest BCUT2D eigenvalue weighted by Gasteiger charge is -2.22. The van der Waals surface area contributed by atoms with Crippen molar-refractivity contribution in [3.8, 4) is 0 Å². The molecule has 0 aliphatic carbocycles. The summed E-state index contributed by atoms with van der Waals surface area (Å²) in [5, 5.41) is 0.616. The molecule has 0 amide bonds. The van der Waals surface area contributed by atoms with Gasteiger partial charge in [0.15, 0.2) is 0 Å². The molecule has 0 radical (unpaired) electrons. The van der Waals surface area contributed by atoms with E-state index in [1.165, 1.54) is 4.88 Å². The molecule has 1 unspecified atom stereocenters. The monoisotopic (exact) mass is 255 g/mol. The molecule has 0 spiro atoms. The quantitative estimate of drug-likeness (QED) is 0.772. The summed E-state index contributed by atoms with van der Waals surface area (Å²) >= 11 is 1.55. The first-order valence-electron chi connectivity index (χ1n) is 6.08. The Labute approximate surface area is 105 Å². The number of nitrogen functional groups attached to an aromatic ring is 1. The van der Waals surface area contributed by atoms with Crippen LogP contribution in [-0.4, -0.2) is 25.7 Å². The Bertz CT molecular complexity index is 428. The number of hydrogen-bond donors (Lipinski definition) is 2. The third kappa shape index (κ3) is 2.30. The van der Waals surface area contributed by atoms with E-state index in [0.29, 0.717) is 17.2 Å². The van der Waals surface area contributed by atoms with Crippen LogP contribution >= 0.6 is 11.3 Å². The van der Waals surface area contributed by atoms with Crippen LogP contribution in [0.4, 0.5) is 5.00 Å². The van der Waals surface area contributed by atoms with Crippen molar-refractivity contribution in [2.75, 3.05) is 25.4 Å². The van der Waals surface area contributed by atoms with Gasteiger partial charge in [-0.2, -0.15) is 0 Å². The Morgan fingerprint density at radius 2 is 2.29 bits per heavy atom.